The number of amides is 1. The lowest BCUT2D eigenvalue weighted by Gasteiger charge is -2.55. The number of benzene rings is 3. The second-order valence-corrected chi connectivity index (χ2v) is 12.0. The number of nitrogens with zero attached hydrogens (tertiary/aromatic N) is 2. The standard InChI is InChI=1S/C34H28N4O2S/c1-33(20-34(21-35)27-13-7-5-11-25(27)30(33)26-12-6-8-14-28(26)34)31(40)37-32-36-24(19-41-32)18-38-16-15-23(17-29(38)39)22-9-3-2-4-10-22/h2-17,19,21,30,35H,18,20H2,1H3,(H,36,37,40). The highest BCUT2D eigenvalue weighted by Gasteiger charge is 2.59. The average molecular weight is 557 g/mol. The van der Waals surface area contributed by atoms with Crippen molar-refractivity contribution in [1.29, 1.82) is 5.41 Å². The summed E-state index contributed by atoms with van der Waals surface area (Å²) in [7, 11) is 0. The second kappa shape index (κ2) is 9.49. The van der Waals surface area contributed by atoms with Crippen LogP contribution in [0.4, 0.5) is 5.13 Å². The van der Waals surface area contributed by atoms with Crippen LogP contribution in [0.15, 0.2) is 107 Å². The van der Waals surface area contributed by atoms with Gasteiger partial charge in [0.05, 0.1) is 23.1 Å². The number of carbonyl (C=O) groups is 1. The maximum atomic E-state index is 14.1. The average Bonchev–Trinajstić information content (AvgIpc) is 3.45. The largest absolute Gasteiger partial charge is 0.312 e. The van der Waals surface area contributed by atoms with E-state index in [2.05, 4.69) is 34.6 Å². The summed E-state index contributed by atoms with van der Waals surface area (Å²) in [6.07, 6.45) is 3.82. The Morgan fingerprint density at radius 3 is 2.32 bits per heavy atom. The number of anilines is 1. The second-order valence-electron chi connectivity index (χ2n) is 11.2. The van der Waals surface area contributed by atoms with E-state index in [1.807, 2.05) is 73.0 Å². The molecule has 0 spiro atoms. The highest BCUT2D eigenvalue weighted by Crippen LogP contribution is 2.63. The van der Waals surface area contributed by atoms with Crippen molar-refractivity contribution in [2.24, 2.45) is 5.41 Å². The zero-order chi connectivity index (χ0) is 28.2. The van der Waals surface area contributed by atoms with Crippen molar-refractivity contribution in [3.05, 3.63) is 141 Å². The predicted molar refractivity (Wildman–Crippen MR) is 163 cm³/mol. The number of fused-ring (bicyclic) bond motifs is 1. The number of aromatic nitrogens is 2. The van der Waals surface area contributed by atoms with Gasteiger partial charge in [0.15, 0.2) is 5.13 Å². The maximum absolute atomic E-state index is 14.1. The SMILES string of the molecule is CC1(C(=O)Nc2nc(Cn3ccc(-c4ccccc4)cc3=O)cs2)CC2(C=N)c3ccccc3C1c1ccccc12. The van der Waals surface area contributed by atoms with E-state index in [4.69, 9.17) is 5.41 Å². The van der Waals surface area contributed by atoms with Crippen LogP contribution in [-0.2, 0) is 16.8 Å². The molecule has 0 fully saturated rings. The fraction of sp³-hybridized carbons (Fsp3) is 0.176. The third-order valence-electron chi connectivity index (χ3n) is 8.76. The zero-order valence-corrected chi connectivity index (χ0v) is 23.3. The van der Waals surface area contributed by atoms with Gasteiger partial charge in [0.2, 0.25) is 5.91 Å². The molecule has 2 aromatic heterocycles. The zero-order valence-electron chi connectivity index (χ0n) is 22.5. The number of hydrogen-bond acceptors (Lipinski definition) is 5. The van der Waals surface area contributed by atoms with Crippen molar-refractivity contribution >= 4 is 28.6 Å². The number of nitrogens with one attached hydrogen (secondary N) is 2. The monoisotopic (exact) mass is 556 g/mol. The lowest BCUT2D eigenvalue weighted by molar-refractivity contribution is -0.127. The van der Waals surface area contributed by atoms with E-state index in [9.17, 15) is 9.59 Å². The summed E-state index contributed by atoms with van der Waals surface area (Å²) in [5.41, 5.74) is 5.48. The molecule has 2 heterocycles. The molecule has 1 amide bonds. The van der Waals surface area contributed by atoms with Crippen LogP contribution in [0.3, 0.4) is 0 Å². The Balaban J connectivity index is 1.16. The molecule has 1 unspecified atom stereocenters. The van der Waals surface area contributed by atoms with Crippen LogP contribution >= 0.6 is 11.3 Å². The van der Waals surface area contributed by atoms with Crippen molar-refractivity contribution in [3.8, 4) is 11.1 Å². The summed E-state index contributed by atoms with van der Waals surface area (Å²) >= 11 is 1.36. The number of hydrogen-bond donors (Lipinski definition) is 2. The van der Waals surface area contributed by atoms with E-state index in [1.54, 1.807) is 16.8 Å². The van der Waals surface area contributed by atoms with Crippen molar-refractivity contribution in [2.75, 3.05) is 5.32 Å². The molecule has 3 aliphatic carbocycles. The Hall–Kier alpha value is -4.62. The van der Waals surface area contributed by atoms with E-state index in [-0.39, 0.29) is 17.4 Å². The minimum atomic E-state index is -0.781. The lowest BCUT2D eigenvalue weighted by atomic mass is 9.46. The van der Waals surface area contributed by atoms with Crippen LogP contribution in [0.25, 0.3) is 11.1 Å². The van der Waals surface area contributed by atoms with Crippen molar-refractivity contribution in [2.45, 2.75) is 31.2 Å². The van der Waals surface area contributed by atoms with Crippen LogP contribution in [0.2, 0.25) is 0 Å². The van der Waals surface area contributed by atoms with Gasteiger partial charge in [-0.25, -0.2) is 4.98 Å². The van der Waals surface area contributed by atoms with E-state index in [1.165, 1.54) is 17.6 Å². The summed E-state index contributed by atoms with van der Waals surface area (Å²) < 4.78 is 1.62. The normalized spacial score (nSPS) is 22.0. The van der Waals surface area contributed by atoms with E-state index in [0.717, 1.165) is 33.4 Å². The first kappa shape index (κ1) is 25.4. The van der Waals surface area contributed by atoms with Gasteiger partial charge in [0, 0.05) is 29.8 Å². The first-order valence-electron chi connectivity index (χ1n) is 13.7. The third-order valence-corrected chi connectivity index (χ3v) is 9.57. The summed E-state index contributed by atoms with van der Waals surface area (Å²) in [6, 6.07) is 29.8. The molecule has 2 bridgehead atoms. The minimum Gasteiger partial charge on any atom is -0.312 e. The highest BCUT2D eigenvalue weighted by molar-refractivity contribution is 7.13. The van der Waals surface area contributed by atoms with Gasteiger partial charge in [-0.05, 0) is 52.8 Å². The molecule has 0 radical (unpaired) electrons. The van der Waals surface area contributed by atoms with Crippen LogP contribution in [0, 0.1) is 10.8 Å². The Kier molecular flexibility index (Phi) is 5.87. The number of carbonyl (C=O) groups excluding carboxylic acids is 1. The molecule has 0 saturated carbocycles. The van der Waals surface area contributed by atoms with E-state index in [0.29, 0.717) is 23.8 Å². The molecular formula is C34H28N4O2S. The molecule has 3 aliphatic rings. The van der Waals surface area contributed by atoms with Gasteiger partial charge in [0.1, 0.15) is 0 Å². The molecule has 5 aromatic rings. The fourth-order valence-electron chi connectivity index (χ4n) is 6.90. The first-order chi connectivity index (χ1) is 19.9. The topological polar surface area (TPSA) is 87.8 Å². The Labute approximate surface area is 241 Å². The molecule has 3 aromatic carbocycles. The van der Waals surface area contributed by atoms with Crippen LogP contribution < -0.4 is 10.9 Å². The number of thiazole rings is 1. The van der Waals surface area contributed by atoms with Gasteiger partial charge in [-0.2, -0.15) is 0 Å². The minimum absolute atomic E-state index is 0.107. The Bertz CT molecular complexity index is 1830. The van der Waals surface area contributed by atoms with Crippen molar-refractivity contribution in [3.63, 3.8) is 0 Å². The van der Waals surface area contributed by atoms with Gasteiger partial charge in [-0.1, -0.05) is 78.9 Å². The lowest BCUT2D eigenvalue weighted by Crippen LogP contribution is -2.54. The molecule has 41 heavy (non-hydrogen) atoms. The van der Waals surface area contributed by atoms with E-state index < -0.39 is 10.8 Å². The van der Waals surface area contributed by atoms with Crippen molar-refractivity contribution in [1.82, 2.24) is 9.55 Å². The summed E-state index contributed by atoms with van der Waals surface area (Å²) in [5.74, 6) is -0.235. The Morgan fingerprint density at radius 1 is 1.00 bits per heavy atom. The molecule has 8 rings (SSSR count). The number of rotatable bonds is 6. The maximum Gasteiger partial charge on any atom is 0.251 e. The number of pyridine rings is 1. The van der Waals surface area contributed by atoms with Crippen LogP contribution in [0.5, 0.6) is 0 Å². The molecule has 1 atom stereocenters. The fourth-order valence-corrected chi connectivity index (χ4v) is 7.60. The summed E-state index contributed by atoms with van der Waals surface area (Å²) in [6.45, 7) is 2.33. The molecule has 202 valence electrons. The molecule has 6 nitrogen and oxygen atoms in total. The molecule has 0 saturated heterocycles. The Morgan fingerprint density at radius 2 is 1.66 bits per heavy atom. The van der Waals surface area contributed by atoms with Gasteiger partial charge in [-0.15, -0.1) is 11.3 Å². The summed E-state index contributed by atoms with van der Waals surface area (Å²) in [5, 5.41) is 14.0. The summed E-state index contributed by atoms with van der Waals surface area (Å²) in [4.78, 5) is 31.6. The van der Waals surface area contributed by atoms with E-state index >= 15 is 0 Å². The van der Waals surface area contributed by atoms with Gasteiger partial charge in [-0.3, -0.25) is 9.59 Å². The molecule has 2 N–H and O–H groups in total. The van der Waals surface area contributed by atoms with Gasteiger partial charge < -0.3 is 15.3 Å². The quantitative estimate of drug-likeness (QED) is 0.236. The predicted octanol–water partition coefficient (Wildman–Crippen LogP) is 6.45. The van der Waals surface area contributed by atoms with Gasteiger partial charge >= 0.3 is 0 Å². The van der Waals surface area contributed by atoms with Gasteiger partial charge in [0.25, 0.3) is 5.56 Å². The van der Waals surface area contributed by atoms with Crippen molar-refractivity contribution < 1.29 is 4.79 Å². The van der Waals surface area contributed by atoms with Crippen LogP contribution in [0.1, 0.15) is 47.2 Å². The van der Waals surface area contributed by atoms with Crippen LogP contribution in [-0.4, -0.2) is 21.7 Å². The molecule has 0 aliphatic heterocycles. The third kappa shape index (κ3) is 3.91. The molecule has 7 heteroatoms. The molecular weight excluding hydrogens is 528 g/mol. The highest BCUT2D eigenvalue weighted by atomic mass is 32.1. The smallest absolute Gasteiger partial charge is 0.251 e. The first-order valence-corrected chi connectivity index (χ1v) is 14.5.